The second kappa shape index (κ2) is 9.23. The molecule has 0 spiro atoms. The average molecular weight is 455 g/mol. The lowest BCUT2D eigenvalue weighted by atomic mass is 10.2. The Balaban J connectivity index is 1.55. The number of hydrogen-bond donors (Lipinski definition) is 2. The minimum Gasteiger partial charge on any atom is -0.487 e. The van der Waals surface area contributed by atoms with Crippen LogP contribution in [0.15, 0.2) is 48.7 Å². The van der Waals surface area contributed by atoms with Gasteiger partial charge in [-0.3, -0.25) is 0 Å². The van der Waals surface area contributed by atoms with E-state index in [-0.39, 0.29) is 19.0 Å². The van der Waals surface area contributed by atoms with Crippen LogP contribution in [0.2, 0.25) is 5.02 Å². The summed E-state index contributed by atoms with van der Waals surface area (Å²) in [5.74, 6) is 0.178. The van der Waals surface area contributed by atoms with E-state index in [1.165, 1.54) is 12.1 Å². The van der Waals surface area contributed by atoms with Crippen molar-refractivity contribution in [3.05, 3.63) is 76.3 Å². The van der Waals surface area contributed by atoms with E-state index in [1.54, 1.807) is 43.5 Å². The Morgan fingerprint density at radius 2 is 2.09 bits per heavy atom. The molecule has 0 saturated carbocycles. The predicted octanol–water partition coefficient (Wildman–Crippen LogP) is 5.56. The fraction of sp³-hybridized carbons (Fsp3) is 0.174. The minimum absolute atomic E-state index is 0.189. The van der Waals surface area contributed by atoms with E-state index in [0.717, 1.165) is 5.39 Å². The number of benzene rings is 2. The highest BCUT2D eigenvalue weighted by Gasteiger charge is 2.19. The fourth-order valence-corrected chi connectivity index (χ4v) is 3.56. The first-order valence-corrected chi connectivity index (χ1v) is 10.3. The van der Waals surface area contributed by atoms with E-state index in [9.17, 15) is 9.18 Å². The molecule has 2 heterocycles. The Hall–Kier alpha value is -3.65. The van der Waals surface area contributed by atoms with Gasteiger partial charge >= 0.3 is 5.97 Å². The van der Waals surface area contributed by atoms with Crippen LogP contribution in [0.4, 0.5) is 15.9 Å². The third-order valence-corrected chi connectivity index (χ3v) is 5.11. The molecule has 164 valence electrons. The molecule has 2 aromatic carbocycles. The molecule has 0 fully saturated rings. The Morgan fingerprint density at radius 3 is 2.84 bits per heavy atom. The third kappa shape index (κ3) is 4.50. The first-order valence-electron chi connectivity index (χ1n) is 9.91. The third-order valence-electron chi connectivity index (χ3n) is 4.82. The minimum atomic E-state index is -0.435. The van der Waals surface area contributed by atoms with Crippen LogP contribution >= 0.6 is 11.6 Å². The quantitative estimate of drug-likeness (QED) is 0.355. The summed E-state index contributed by atoms with van der Waals surface area (Å²) in [7, 11) is 0. The monoisotopic (exact) mass is 454 g/mol. The van der Waals surface area contributed by atoms with Gasteiger partial charge in [-0.15, -0.1) is 5.10 Å². The molecule has 32 heavy (non-hydrogen) atoms. The van der Waals surface area contributed by atoms with Crippen molar-refractivity contribution < 1.29 is 18.7 Å². The van der Waals surface area contributed by atoms with Gasteiger partial charge in [-0.2, -0.15) is 5.10 Å². The molecule has 2 N–H and O–H groups in total. The number of carbonyl (C=O) groups is 1. The summed E-state index contributed by atoms with van der Waals surface area (Å²) < 4.78 is 24.1. The van der Waals surface area contributed by atoms with Crippen molar-refractivity contribution >= 4 is 40.0 Å². The van der Waals surface area contributed by atoms with Crippen molar-refractivity contribution in [2.75, 3.05) is 11.9 Å². The predicted molar refractivity (Wildman–Crippen MR) is 120 cm³/mol. The van der Waals surface area contributed by atoms with Gasteiger partial charge in [0.05, 0.1) is 23.3 Å². The molecule has 2 aromatic heterocycles. The standard InChI is InChI=1S/C23H20ClFN4O3/c1-3-31-23(30)21-13(2)20-18(28-21)11-26-29-22(20)27-16-7-8-19(17(24)10-16)32-12-14-5-4-6-15(25)9-14/h4-11,28H,3,12H2,1-2H3,(H,27,29). The molecule has 0 aliphatic carbocycles. The average Bonchev–Trinajstić information content (AvgIpc) is 3.11. The number of carbonyl (C=O) groups excluding carboxylic acids is 1. The van der Waals surface area contributed by atoms with Crippen molar-refractivity contribution in [2.24, 2.45) is 0 Å². The van der Waals surface area contributed by atoms with Crippen LogP contribution in [0.3, 0.4) is 0 Å². The zero-order valence-electron chi connectivity index (χ0n) is 17.4. The Labute approximate surface area is 188 Å². The summed E-state index contributed by atoms with van der Waals surface area (Å²) in [6, 6.07) is 11.4. The number of nitrogens with zero attached hydrogens (tertiary/aromatic N) is 2. The number of hydrogen-bond acceptors (Lipinski definition) is 6. The maximum Gasteiger partial charge on any atom is 0.355 e. The molecule has 0 unspecified atom stereocenters. The molecule has 7 nitrogen and oxygen atoms in total. The van der Waals surface area contributed by atoms with Crippen LogP contribution in [-0.4, -0.2) is 27.8 Å². The van der Waals surface area contributed by atoms with E-state index in [0.29, 0.717) is 44.6 Å². The van der Waals surface area contributed by atoms with E-state index in [4.69, 9.17) is 21.1 Å². The number of aromatic amines is 1. The van der Waals surface area contributed by atoms with Crippen molar-refractivity contribution in [3.8, 4) is 5.75 Å². The highest BCUT2D eigenvalue weighted by molar-refractivity contribution is 6.32. The van der Waals surface area contributed by atoms with Crippen LogP contribution in [0.1, 0.15) is 28.5 Å². The molecule has 0 aliphatic heterocycles. The number of ether oxygens (including phenoxy) is 2. The molecule has 0 atom stereocenters. The number of fused-ring (bicyclic) bond motifs is 1. The second-order valence-corrected chi connectivity index (χ2v) is 7.42. The molecular formula is C23H20ClFN4O3. The lowest BCUT2D eigenvalue weighted by Crippen LogP contribution is -2.06. The van der Waals surface area contributed by atoms with Crippen LogP contribution in [0.5, 0.6) is 5.75 Å². The van der Waals surface area contributed by atoms with Gasteiger partial charge in [0.15, 0.2) is 5.82 Å². The summed E-state index contributed by atoms with van der Waals surface area (Å²) in [5.41, 5.74) is 3.08. The summed E-state index contributed by atoms with van der Waals surface area (Å²) in [5, 5.41) is 12.5. The summed E-state index contributed by atoms with van der Waals surface area (Å²) in [6.07, 6.45) is 1.55. The van der Waals surface area contributed by atoms with E-state index in [1.807, 2.05) is 6.92 Å². The van der Waals surface area contributed by atoms with E-state index < -0.39 is 5.97 Å². The number of H-pyrrole nitrogens is 1. The first kappa shape index (κ1) is 21.6. The fourth-order valence-electron chi connectivity index (χ4n) is 3.33. The largest absolute Gasteiger partial charge is 0.487 e. The van der Waals surface area contributed by atoms with Crippen LogP contribution in [0, 0.1) is 12.7 Å². The zero-order chi connectivity index (χ0) is 22.7. The molecule has 0 aliphatic rings. The van der Waals surface area contributed by atoms with E-state index >= 15 is 0 Å². The topological polar surface area (TPSA) is 89.1 Å². The smallest absolute Gasteiger partial charge is 0.355 e. The second-order valence-electron chi connectivity index (χ2n) is 7.02. The van der Waals surface area contributed by atoms with Crippen LogP contribution < -0.4 is 10.1 Å². The molecule has 4 aromatic rings. The van der Waals surface area contributed by atoms with Crippen LogP contribution in [-0.2, 0) is 11.3 Å². The molecule has 0 saturated heterocycles. The molecule has 0 radical (unpaired) electrons. The van der Waals surface area contributed by atoms with Gasteiger partial charge in [0.25, 0.3) is 0 Å². The Morgan fingerprint density at radius 1 is 1.25 bits per heavy atom. The first-order chi connectivity index (χ1) is 15.5. The van der Waals surface area contributed by atoms with Crippen molar-refractivity contribution in [2.45, 2.75) is 20.5 Å². The highest BCUT2D eigenvalue weighted by Crippen LogP contribution is 2.32. The molecule has 0 bridgehead atoms. The molecule has 4 rings (SSSR count). The van der Waals surface area contributed by atoms with E-state index in [2.05, 4.69) is 20.5 Å². The van der Waals surface area contributed by atoms with Crippen LogP contribution in [0.25, 0.3) is 10.9 Å². The van der Waals surface area contributed by atoms with Gasteiger partial charge in [-0.05, 0) is 55.3 Å². The normalized spacial score (nSPS) is 10.9. The summed E-state index contributed by atoms with van der Waals surface area (Å²) >= 11 is 6.38. The lowest BCUT2D eigenvalue weighted by molar-refractivity contribution is 0.0519. The lowest BCUT2D eigenvalue weighted by Gasteiger charge is -2.11. The van der Waals surface area contributed by atoms with Crippen molar-refractivity contribution in [1.29, 1.82) is 0 Å². The highest BCUT2D eigenvalue weighted by atomic mass is 35.5. The number of aryl methyl sites for hydroxylation is 1. The Bertz CT molecular complexity index is 1290. The molecule has 0 amide bonds. The van der Waals surface area contributed by atoms with Crippen molar-refractivity contribution in [1.82, 2.24) is 15.2 Å². The van der Waals surface area contributed by atoms with Gasteiger partial charge in [-0.1, -0.05) is 23.7 Å². The maximum atomic E-state index is 13.3. The molecule has 9 heteroatoms. The number of halogens is 2. The summed E-state index contributed by atoms with van der Waals surface area (Å²) in [6.45, 7) is 4.03. The zero-order valence-corrected chi connectivity index (χ0v) is 18.2. The Kier molecular flexibility index (Phi) is 6.23. The van der Waals surface area contributed by atoms with Crippen molar-refractivity contribution in [3.63, 3.8) is 0 Å². The number of rotatable bonds is 7. The summed E-state index contributed by atoms with van der Waals surface area (Å²) in [4.78, 5) is 15.2. The van der Waals surface area contributed by atoms with Gasteiger partial charge in [0.2, 0.25) is 0 Å². The number of nitrogens with one attached hydrogen (secondary N) is 2. The van der Waals surface area contributed by atoms with Gasteiger partial charge in [-0.25, -0.2) is 9.18 Å². The van der Waals surface area contributed by atoms with Gasteiger partial charge in [0.1, 0.15) is 23.9 Å². The number of aromatic nitrogens is 3. The number of esters is 1. The number of anilines is 2. The maximum absolute atomic E-state index is 13.3. The van der Waals surface area contributed by atoms with Gasteiger partial charge < -0.3 is 19.8 Å². The SMILES string of the molecule is CCOC(=O)c1[nH]c2cnnc(Nc3ccc(OCc4cccc(F)c4)c(Cl)c3)c2c1C. The van der Waals surface area contributed by atoms with Gasteiger partial charge in [0, 0.05) is 11.1 Å². The molecular weight excluding hydrogens is 435 g/mol.